The maximum Gasteiger partial charge on any atom is 0.192 e. The van der Waals surface area contributed by atoms with Gasteiger partial charge in [0.2, 0.25) is 0 Å². The van der Waals surface area contributed by atoms with Crippen molar-refractivity contribution in [1.82, 2.24) is 0 Å². The molecule has 5 rings (SSSR count). The van der Waals surface area contributed by atoms with Crippen LogP contribution >= 0.6 is 0 Å². The lowest BCUT2D eigenvalue weighted by molar-refractivity contribution is -0.856. The Kier molecular flexibility index (Phi) is 7.72. The van der Waals surface area contributed by atoms with Crippen LogP contribution in [0.25, 0.3) is 11.0 Å². The van der Waals surface area contributed by atoms with E-state index in [2.05, 4.69) is 4.99 Å². The minimum atomic E-state index is -2.27. The molecule has 6 unspecified atom stereocenters. The van der Waals surface area contributed by atoms with Crippen LogP contribution in [0.4, 0.5) is 0 Å². The Morgan fingerprint density at radius 3 is 2.77 bits per heavy atom. The van der Waals surface area contributed by atoms with Crippen LogP contribution in [-0.4, -0.2) is 93.7 Å². The quantitative estimate of drug-likeness (QED) is 0.151. The highest BCUT2D eigenvalue weighted by Crippen LogP contribution is 2.37. The van der Waals surface area contributed by atoms with E-state index in [4.69, 9.17) is 18.9 Å². The minimum Gasteiger partial charge on any atom is -0.485 e. The normalized spacial score (nSPS) is 24.9. The third kappa shape index (κ3) is 5.24. The summed E-state index contributed by atoms with van der Waals surface area (Å²) < 4.78 is 11.8. The fraction of sp³-hybridized carbons (Fsp3) is 0.500. The van der Waals surface area contributed by atoms with Crippen LogP contribution in [0.3, 0.4) is 0 Å². The highest BCUT2D eigenvalue weighted by atomic mass is 17.2. The Labute approximate surface area is 230 Å². The summed E-state index contributed by atoms with van der Waals surface area (Å²) in [4.78, 5) is 28.4. The Morgan fingerprint density at radius 2 is 2.02 bits per heavy atom. The van der Waals surface area contributed by atoms with Crippen LogP contribution in [0.1, 0.15) is 25.2 Å². The first kappa shape index (κ1) is 28.6. The van der Waals surface area contributed by atoms with Crippen LogP contribution in [0, 0.1) is 6.92 Å². The van der Waals surface area contributed by atoms with E-state index in [0.29, 0.717) is 45.9 Å². The van der Waals surface area contributed by atoms with Crippen molar-refractivity contribution in [2.24, 2.45) is 4.99 Å². The number of aliphatic imine (C=N–C) groups is 1. The van der Waals surface area contributed by atoms with E-state index in [9.17, 15) is 30.3 Å². The number of nitrogens with zero attached hydrogens (tertiary/aromatic N) is 1. The largest absolute Gasteiger partial charge is 0.485 e. The van der Waals surface area contributed by atoms with Crippen LogP contribution in [0.5, 0.6) is 5.75 Å². The minimum absolute atomic E-state index is 0.173. The molecule has 0 aliphatic carbocycles. The van der Waals surface area contributed by atoms with Gasteiger partial charge >= 0.3 is 0 Å². The number of aliphatic hydroxyl groups excluding tert-OH is 4. The molecule has 3 aliphatic rings. The van der Waals surface area contributed by atoms with Gasteiger partial charge in [0.1, 0.15) is 72.5 Å². The van der Waals surface area contributed by atoms with Crippen molar-refractivity contribution in [2.45, 2.75) is 62.8 Å². The summed E-state index contributed by atoms with van der Waals surface area (Å²) in [5.41, 5.74) is -0.673. The Bertz CT molecular complexity index is 1430. The molecule has 0 saturated heterocycles. The smallest absolute Gasteiger partial charge is 0.192 e. The van der Waals surface area contributed by atoms with Gasteiger partial charge in [-0.2, -0.15) is 0 Å². The average molecular weight is 560 g/mol. The van der Waals surface area contributed by atoms with Crippen molar-refractivity contribution in [3.8, 4) is 5.75 Å². The molecule has 0 fully saturated rings. The molecular formula is C28H35N2O10+. The molecule has 2 aromatic rings. The molecule has 216 valence electrons. The fourth-order valence-corrected chi connectivity index (χ4v) is 5.38. The molecule has 6 N–H and O–H groups in total. The van der Waals surface area contributed by atoms with Gasteiger partial charge in [-0.25, -0.2) is 9.78 Å². The van der Waals surface area contributed by atoms with E-state index in [1.165, 1.54) is 6.07 Å². The topological polar surface area (TPSA) is 176 Å². The van der Waals surface area contributed by atoms with E-state index >= 15 is 0 Å². The van der Waals surface area contributed by atoms with E-state index in [0.717, 1.165) is 11.4 Å². The first-order chi connectivity index (χ1) is 18.9. The van der Waals surface area contributed by atoms with Gasteiger partial charge in [-0.15, -0.1) is 0 Å². The zero-order chi connectivity index (χ0) is 28.8. The first-order valence-corrected chi connectivity index (χ1v) is 13.1. The molecule has 40 heavy (non-hydrogen) atoms. The zero-order valence-corrected chi connectivity index (χ0v) is 22.5. The predicted molar refractivity (Wildman–Crippen MR) is 142 cm³/mol. The highest BCUT2D eigenvalue weighted by Gasteiger charge is 2.51. The van der Waals surface area contributed by atoms with Crippen molar-refractivity contribution in [2.75, 3.05) is 26.3 Å². The number of fused-ring (bicyclic) bond motifs is 3. The standard InChI is InChI=1S/C28H34N2O10/c1-15-8-20(32)17-9-16-10-25(27(2,3)39-22(16)11-23(17)38-15)40-37-13-24(34)28(36,26(35)21(33)12-31)14-30-7-5-18-19(30)4-6-29-18/h4-6,8-9,11,21,24-26,31,33-36H,7,10,12-14H2,1-3H3/p+1. The van der Waals surface area contributed by atoms with Crippen LogP contribution < -0.4 is 15.1 Å². The van der Waals surface area contributed by atoms with Gasteiger partial charge in [0, 0.05) is 36.9 Å². The summed E-state index contributed by atoms with van der Waals surface area (Å²) in [5.74, 6) is 1.04. The third-order valence-electron chi connectivity index (χ3n) is 7.79. The monoisotopic (exact) mass is 559 g/mol. The molecule has 0 bridgehead atoms. The lowest BCUT2D eigenvalue weighted by atomic mass is 9.86. The average Bonchev–Trinajstić information content (AvgIpc) is 3.52. The summed E-state index contributed by atoms with van der Waals surface area (Å²) in [6.07, 6.45) is -0.398. The SMILES string of the molecule is Cc1cc(=O)c2cc3c(cc2o1)OC(C)(C)C(OOCC(O)C(O)(C[NH+]1CC=C2N=CC=C21)C(O)C(O)CO)C3. The van der Waals surface area contributed by atoms with E-state index in [1.807, 2.05) is 6.08 Å². The van der Waals surface area contributed by atoms with Gasteiger partial charge < -0.3 is 34.7 Å². The number of hydrogen-bond donors (Lipinski definition) is 6. The summed E-state index contributed by atoms with van der Waals surface area (Å²) in [6, 6.07) is 4.80. The number of hydrogen-bond acceptors (Lipinski definition) is 11. The van der Waals surface area contributed by atoms with Crippen molar-refractivity contribution in [3.05, 3.63) is 63.3 Å². The van der Waals surface area contributed by atoms with Crippen molar-refractivity contribution in [1.29, 1.82) is 0 Å². The summed E-state index contributed by atoms with van der Waals surface area (Å²) >= 11 is 0. The predicted octanol–water partition coefficient (Wildman–Crippen LogP) is -1.31. The van der Waals surface area contributed by atoms with Crippen molar-refractivity contribution < 1.29 is 49.4 Å². The second-order valence-electron chi connectivity index (χ2n) is 11.1. The molecule has 0 radical (unpaired) electrons. The van der Waals surface area contributed by atoms with E-state index in [1.54, 1.807) is 45.2 Å². The van der Waals surface area contributed by atoms with E-state index in [-0.39, 0.29) is 12.0 Å². The summed E-state index contributed by atoms with van der Waals surface area (Å²) in [6.45, 7) is 4.16. The molecule has 3 aliphatic heterocycles. The van der Waals surface area contributed by atoms with Gasteiger partial charge in [0.25, 0.3) is 0 Å². The molecule has 0 amide bonds. The maximum absolute atomic E-state index is 12.5. The van der Waals surface area contributed by atoms with Crippen LogP contribution in [0.2, 0.25) is 0 Å². The molecule has 1 aromatic carbocycles. The Morgan fingerprint density at radius 1 is 1.25 bits per heavy atom. The number of aliphatic hydroxyl groups is 5. The van der Waals surface area contributed by atoms with Gasteiger partial charge in [-0.05, 0) is 32.4 Å². The highest BCUT2D eigenvalue weighted by molar-refractivity contribution is 5.80. The van der Waals surface area contributed by atoms with Gasteiger partial charge in [-0.1, -0.05) is 0 Å². The molecule has 4 heterocycles. The van der Waals surface area contributed by atoms with Crippen molar-refractivity contribution in [3.63, 3.8) is 0 Å². The van der Waals surface area contributed by atoms with E-state index < -0.39 is 48.8 Å². The first-order valence-electron chi connectivity index (χ1n) is 13.1. The number of aryl methyl sites for hydroxylation is 1. The van der Waals surface area contributed by atoms with Crippen LogP contribution in [-0.2, 0) is 16.2 Å². The molecule has 0 spiro atoms. The number of quaternary nitrogens is 1. The molecule has 12 heteroatoms. The van der Waals surface area contributed by atoms with Gasteiger partial charge in [0.15, 0.2) is 16.7 Å². The molecule has 0 saturated carbocycles. The van der Waals surface area contributed by atoms with Crippen LogP contribution in [0.15, 0.2) is 55.9 Å². The number of rotatable bonds is 10. The number of ether oxygens (including phenoxy) is 1. The number of benzene rings is 1. The number of allylic oxidation sites excluding steroid dienone is 1. The zero-order valence-electron chi connectivity index (χ0n) is 22.5. The second-order valence-corrected chi connectivity index (χ2v) is 11.1. The molecule has 6 atom stereocenters. The summed E-state index contributed by atoms with van der Waals surface area (Å²) in [5, 5.41) is 53.1. The van der Waals surface area contributed by atoms with Gasteiger partial charge in [0.05, 0.1) is 12.0 Å². The lowest BCUT2D eigenvalue weighted by Gasteiger charge is -2.40. The Balaban J connectivity index is 1.29. The number of nitrogens with one attached hydrogen (secondary N) is 1. The van der Waals surface area contributed by atoms with Gasteiger partial charge in [-0.3, -0.25) is 14.7 Å². The lowest BCUT2D eigenvalue weighted by Crippen LogP contribution is -3.11. The third-order valence-corrected chi connectivity index (χ3v) is 7.79. The molecule has 12 nitrogen and oxygen atoms in total. The molecule has 1 aromatic heterocycles. The Hall–Kier alpha value is -2.94. The second kappa shape index (κ2) is 10.8. The summed E-state index contributed by atoms with van der Waals surface area (Å²) in [7, 11) is 0. The molecular weight excluding hydrogens is 524 g/mol. The maximum atomic E-state index is 12.5. The van der Waals surface area contributed by atoms with Crippen molar-refractivity contribution >= 4 is 17.2 Å². The fourth-order valence-electron chi connectivity index (χ4n) is 5.38.